The van der Waals surface area contributed by atoms with Gasteiger partial charge >= 0.3 is 0 Å². The Morgan fingerprint density at radius 3 is 2.55 bits per heavy atom. The first kappa shape index (κ1) is 16.7. The van der Waals surface area contributed by atoms with Gasteiger partial charge in [-0.15, -0.1) is 0 Å². The molecule has 1 fully saturated rings. The minimum Gasteiger partial charge on any atom is -0.342 e. The average Bonchev–Trinajstić information content (AvgIpc) is 2.42. The van der Waals surface area contributed by atoms with Gasteiger partial charge in [-0.3, -0.25) is 9.59 Å². The molecule has 0 N–H and O–H groups in total. The molecule has 1 atom stereocenters. The highest BCUT2D eigenvalue weighted by Gasteiger charge is 2.31. The summed E-state index contributed by atoms with van der Waals surface area (Å²) in [5.41, 5.74) is 0.992. The van der Waals surface area contributed by atoms with E-state index in [0.29, 0.717) is 19.6 Å². The molecule has 1 aliphatic heterocycles. The van der Waals surface area contributed by atoms with Gasteiger partial charge in [0.15, 0.2) is 0 Å². The molecule has 0 aromatic heterocycles. The molecular weight excluding hydrogens is 252 g/mol. The molecule has 0 radical (unpaired) electrons. The summed E-state index contributed by atoms with van der Waals surface area (Å²) in [7, 11) is 0. The number of hydrogen-bond acceptors (Lipinski definition) is 2. The molecule has 1 rings (SSSR count). The van der Waals surface area contributed by atoms with Gasteiger partial charge < -0.3 is 9.80 Å². The summed E-state index contributed by atoms with van der Waals surface area (Å²) in [6.45, 7) is 14.3. The molecule has 0 aliphatic carbocycles. The molecule has 20 heavy (non-hydrogen) atoms. The van der Waals surface area contributed by atoms with E-state index in [1.54, 1.807) is 0 Å². The average molecular weight is 280 g/mol. The number of rotatable bonds is 5. The monoisotopic (exact) mass is 280 g/mol. The number of carbonyl (C=O) groups is 2. The molecule has 0 aromatic rings. The van der Waals surface area contributed by atoms with Crippen molar-refractivity contribution in [3.05, 3.63) is 12.2 Å². The number of nitrogens with zero attached hydrogens (tertiary/aromatic N) is 2. The van der Waals surface area contributed by atoms with Crippen LogP contribution < -0.4 is 0 Å². The molecule has 1 heterocycles. The Bertz CT molecular complexity index is 377. The third kappa shape index (κ3) is 4.36. The summed E-state index contributed by atoms with van der Waals surface area (Å²) in [5.74, 6) is 0.273. The highest BCUT2D eigenvalue weighted by atomic mass is 16.2. The van der Waals surface area contributed by atoms with Crippen molar-refractivity contribution >= 4 is 11.8 Å². The molecule has 114 valence electrons. The van der Waals surface area contributed by atoms with Crippen LogP contribution in [-0.2, 0) is 9.59 Å². The first-order valence-electron chi connectivity index (χ1n) is 7.58. The molecule has 1 unspecified atom stereocenters. The van der Waals surface area contributed by atoms with Crippen molar-refractivity contribution in [2.75, 3.05) is 26.2 Å². The lowest BCUT2D eigenvalue weighted by molar-refractivity contribution is -0.142. The fourth-order valence-corrected chi connectivity index (χ4v) is 2.67. The standard InChI is InChI=1S/C16H28N2O2/c1-6-17(10-12(2)3)16(20)14-8-7-9-18(11-14)15(19)13(4)5/h13-14H,2,6-11H2,1,3-5H3. The van der Waals surface area contributed by atoms with E-state index in [2.05, 4.69) is 6.58 Å². The van der Waals surface area contributed by atoms with E-state index >= 15 is 0 Å². The predicted octanol–water partition coefficient (Wildman–Crippen LogP) is 2.31. The topological polar surface area (TPSA) is 40.6 Å². The summed E-state index contributed by atoms with van der Waals surface area (Å²) < 4.78 is 0. The number of carbonyl (C=O) groups excluding carboxylic acids is 2. The van der Waals surface area contributed by atoms with E-state index in [9.17, 15) is 9.59 Å². The van der Waals surface area contributed by atoms with Gasteiger partial charge in [-0.25, -0.2) is 0 Å². The maximum Gasteiger partial charge on any atom is 0.227 e. The minimum atomic E-state index is -0.0502. The molecule has 4 heteroatoms. The van der Waals surface area contributed by atoms with Gasteiger partial charge in [-0.05, 0) is 26.7 Å². The highest BCUT2D eigenvalue weighted by Crippen LogP contribution is 2.20. The Kier molecular flexibility index (Phi) is 6.24. The van der Waals surface area contributed by atoms with Crippen LogP contribution in [0.15, 0.2) is 12.2 Å². The molecule has 0 saturated carbocycles. The van der Waals surface area contributed by atoms with Gasteiger partial charge in [0.1, 0.15) is 0 Å². The fraction of sp³-hybridized carbons (Fsp3) is 0.750. The van der Waals surface area contributed by atoms with Crippen LogP contribution in [0, 0.1) is 11.8 Å². The summed E-state index contributed by atoms with van der Waals surface area (Å²) in [4.78, 5) is 28.3. The molecule has 0 bridgehead atoms. The zero-order chi connectivity index (χ0) is 15.3. The number of hydrogen-bond donors (Lipinski definition) is 0. The molecule has 0 aromatic carbocycles. The molecule has 1 aliphatic rings. The summed E-state index contributed by atoms with van der Waals surface area (Å²) >= 11 is 0. The van der Waals surface area contributed by atoms with Crippen LogP contribution in [0.4, 0.5) is 0 Å². The predicted molar refractivity (Wildman–Crippen MR) is 81.2 cm³/mol. The van der Waals surface area contributed by atoms with Crippen LogP contribution in [0.25, 0.3) is 0 Å². The number of likely N-dealkylation sites (N-methyl/N-ethyl adjacent to an activating group) is 1. The lowest BCUT2D eigenvalue weighted by atomic mass is 9.95. The third-order valence-corrected chi connectivity index (χ3v) is 3.73. The van der Waals surface area contributed by atoms with Crippen molar-refractivity contribution in [1.82, 2.24) is 9.80 Å². The van der Waals surface area contributed by atoms with E-state index < -0.39 is 0 Å². The second kappa shape index (κ2) is 7.46. The second-order valence-electron chi connectivity index (χ2n) is 6.09. The molecular formula is C16H28N2O2. The molecule has 4 nitrogen and oxygen atoms in total. The maximum absolute atomic E-state index is 12.5. The zero-order valence-electron chi connectivity index (χ0n) is 13.3. The highest BCUT2D eigenvalue weighted by molar-refractivity contribution is 5.82. The largest absolute Gasteiger partial charge is 0.342 e. The zero-order valence-corrected chi connectivity index (χ0v) is 13.3. The Morgan fingerprint density at radius 2 is 2.05 bits per heavy atom. The van der Waals surface area contributed by atoms with Gasteiger partial charge in [0, 0.05) is 32.1 Å². The molecule has 2 amide bonds. The van der Waals surface area contributed by atoms with Gasteiger partial charge in [-0.1, -0.05) is 26.0 Å². The van der Waals surface area contributed by atoms with Gasteiger partial charge in [-0.2, -0.15) is 0 Å². The fourth-order valence-electron chi connectivity index (χ4n) is 2.67. The Morgan fingerprint density at radius 1 is 1.40 bits per heavy atom. The van der Waals surface area contributed by atoms with E-state index in [-0.39, 0.29) is 23.7 Å². The number of likely N-dealkylation sites (tertiary alicyclic amines) is 1. The molecule has 0 spiro atoms. The summed E-state index contributed by atoms with van der Waals surface area (Å²) in [6.07, 6.45) is 1.80. The third-order valence-electron chi connectivity index (χ3n) is 3.73. The van der Waals surface area contributed by atoms with Crippen LogP contribution in [0.3, 0.4) is 0 Å². The summed E-state index contributed by atoms with van der Waals surface area (Å²) in [5, 5.41) is 0. The van der Waals surface area contributed by atoms with Crippen molar-refractivity contribution < 1.29 is 9.59 Å². The van der Waals surface area contributed by atoms with E-state index in [1.807, 2.05) is 37.5 Å². The van der Waals surface area contributed by atoms with E-state index in [1.165, 1.54) is 0 Å². The minimum absolute atomic E-state index is 0.00144. The van der Waals surface area contributed by atoms with Crippen LogP contribution in [0.2, 0.25) is 0 Å². The van der Waals surface area contributed by atoms with Crippen molar-refractivity contribution in [2.24, 2.45) is 11.8 Å². The van der Waals surface area contributed by atoms with Gasteiger partial charge in [0.2, 0.25) is 11.8 Å². The lowest BCUT2D eigenvalue weighted by Crippen LogP contribution is -2.48. The first-order chi connectivity index (χ1) is 9.36. The quantitative estimate of drug-likeness (QED) is 0.725. The van der Waals surface area contributed by atoms with Crippen LogP contribution in [0.5, 0.6) is 0 Å². The summed E-state index contributed by atoms with van der Waals surface area (Å²) in [6, 6.07) is 0. The smallest absolute Gasteiger partial charge is 0.227 e. The Hall–Kier alpha value is -1.32. The van der Waals surface area contributed by atoms with Crippen LogP contribution >= 0.6 is 0 Å². The number of amides is 2. The van der Waals surface area contributed by atoms with Crippen molar-refractivity contribution in [1.29, 1.82) is 0 Å². The van der Waals surface area contributed by atoms with E-state index in [0.717, 1.165) is 25.0 Å². The molecule has 1 saturated heterocycles. The van der Waals surface area contributed by atoms with Gasteiger partial charge in [0.25, 0.3) is 0 Å². The number of piperidine rings is 1. The SMILES string of the molecule is C=C(C)CN(CC)C(=O)C1CCCN(C(=O)C(C)C)C1. The Labute approximate surface area is 122 Å². The van der Waals surface area contributed by atoms with Crippen molar-refractivity contribution in [2.45, 2.75) is 40.5 Å². The van der Waals surface area contributed by atoms with Crippen molar-refractivity contribution in [3.63, 3.8) is 0 Å². The van der Waals surface area contributed by atoms with Crippen LogP contribution in [-0.4, -0.2) is 47.8 Å². The second-order valence-corrected chi connectivity index (χ2v) is 6.09. The van der Waals surface area contributed by atoms with Crippen molar-refractivity contribution in [3.8, 4) is 0 Å². The van der Waals surface area contributed by atoms with Gasteiger partial charge in [0.05, 0.1) is 5.92 Å². The normalized spacial score (nSPS) is 19.1. The first-order valence-corrected chi connectivity index (χ1v) is 7.58. The Balaban J connectivity index is 2.68. The lowest BCUT2D eigenvalue weighted by Gasteiger charge is -2.35. The maximum atomic E-state index is 12.5. The van der Waals surface area contributed by atoms with E-state index in [4.69, 9.17) is 0 Å². The van der Waals surface area contributed by atoms with Crippen LogP contribution in [0.1, 0.15) is 40.5 Å².